The van der Waals surface area contributed by atoms with Gasteiger partial charge in [-0.2, -0.15) is 4.31 Å². The Labute approximate surface area is 183 Å². The van der Waals surface area contributed by atoms with Crippen LogP contribution in [0.5, 0.6) is 0 Å². The fourth-order valence-corrected chi connectivity index (χ4v) is 5.75. The number of benzene rings is 2. The number of thioether (sulfide) groups is 1. The molecule has 2 aromatic rings. The molecule has 0 bridgehead atoms. The van der Waals surface area contributed by atoms with Gasteiger partial charge >= 0.3 is 0 Å². The zero-order valence-corrected chi connectivity index (χ0v) is 19.1. The number of carbonyl (C=O) groups excluding carboxylic acids is 1. The summed E-state index contributed by atoms with van der Waals surface area (Å²) in [7, 11) is -3.58. The summed E-state index contributed by atoms with van der Waals surface area (Å²) in [6.07, 6.45) is 0.0991. The van der Waals surface area contributed by atoms with E-state index in [0.717, 1.165) is 4.90 Å². The molecule has 1 amide bonds. The van der Waals surface area contributed by atoms with E-state index in [-0.39, 0.29) is 23.0 Å². The van der Waals surface area contributed by atoms with Crippen LogP contribution in [0.4, 0.5) is 5.69 Å². The summed E-state index contributed by atoms with van der Waals surface area (Å²) in [6, 6.07) is 14.5. The molecular formula is C22H28N2O4S2. The lowest BCUT2D eigenvalue weighted by Crippen LogP contribution is -2.48. The van der Waals surface area contributed by atoms with Crippen molar-refractivity contribution in [2.24, 2.45) is 0 Å². The van der Waals surface area contributed by atoms with Gasteiger partial charge in [0.05, 0.1) is 17.1 Å². The molecule has 0 radical (unpaired) electrons. The number of carbonyl (C=O) groups is 1. The zero-order chi connectivity index (χ0) is 21.7. The molecule has 8 heteroatoms. The van der Waals surface area contributed by atoms with Crippen LogP contribution in [0.2, 0.25) is 0 Å². The van der Waals surface area contributed by atoms with Crippen molar-refractivity contribution in [3.05, 3.63) is 54.1 Å². The van der Waals surface area contributed by atoms with Gasteiger partial charge in [0.1, 0.15) is 0 Å². The van der Waals surface area contributed by atoms with E-state index < -0.39 is 10.0 Å². The molecule has 1 aliphatic heterocycles. The lowest BCUT2D eigenvalue weighted by molar-refractivity contribution is -0.115. The number of amides is 1. The maximum atomic E-state index is 12.9. The van der Waals surface area contributed by atoms with Crippen molar-refractivity contribution in [2.75, 3.05) is 24.2 Å². The van der Waals surface area contributed by atoms with E-state index in [1.165, 1.54) is 22.0 Å². The van der Waals surface area contributed by atoms with E-state index in [1.54, 1.807) is 23.9 Å². The summed E-state index contributed by atoms with van der Waals surface area (Å²) in [5, 5.41) is 2.83. The molecule has 3 rings (SSSR count). The van der Waals surface area contributed by atoms with Gasteiger partial charge in [-0.25, -0.2) is 8.42 Å². The molecule has 1 fully saturated rings. The maximum absolute atomic E-state index is 12.9. The highest BCUT2D eigenvalue weighted by Crippen LogP contribution is 2.23. The van der Waals surface area contributed by atoms with E-state index >= 15 is 0 Å². The number of ether oxygens (including phenoxy) is 1. The fraction of sp³-hybridized carbons (Fsp3) is 0.409. The SMILES string of the molecule is Cc1ccc(SCCC(=O)Nc2ccc(S(=O)(=O)N3C[C@H](C)O[C@@H](C)C3)cc2)cc1. The molecule has 0 saturated carbocycles. The minimum absolute atomic E-state index is 0.0963. The van der Waals surface area contributed by atoms with Crippen molar-refractivity contribution < 1.29 is 17.9 Å². The van der Waals surface area contributed by atoms with Gasteiger partial charge in [-0.3, -0.25) is 4.79 Å². The van der Waals surface area contributed by atoms with Crippen LogP contribution in [-0.2, 0) is 19.6 Å². The largest absolute Gasteiger partial charge is 0.373 e. The molecule has 1 aliphatic rings. The third-order valence-corrected chi connectivity index (χ3v) is 7.64. The second-order valence-electron chi connectivity index (χ2n) is 7.56. The second kappa shape index (κ2) is 9.96. The predicted octanol–water partition coefficient (Wildman–Crippen LogP) is 3.91. The van der Waals surface area contributed by atoms with Gasteiger partial charge in [0, 0.05) is 35.8 Å². The molecule has 2 atom stereocenters. The average molecular weight is 449 g/mol. The second-order valence-corrected chi connectivity index (χ2v) is 10.7. The number of hydrogen-bond donors (Lipinski definition) is 1. The number of rotatable bonds is 7. The molecule has 30 heavy (non-hydrogen) atoms. The van der Waals surface area contributed by atoms with Crippen LogP contribution in [0.1, 0.15) is 25.8 Å². The molecule has 1 N–H and O–H groups in total. The first-order chi connectivity index (χ1) is 14.2. The normalized spacial score (nSPS) is 20.1. The van der Waals surface area contributed by atoms with E-state index in [9.17, 15) is 13.2 Å². The fourth-order valence-electron chi connectivity index (χ4n) is 3.31. The van der Waals surface area contributed by atoms with Crippen LogP contribution in [0.15, 0.2) is 58.3 Å². The summed E-state index contributed by atoms with van der Waals surface area (Å²) in [5.74, 6) is 0.579. The molecule has 2 aromatic carbocycles. The standard InChI is InChI=1S/C22H28N2O4S2/c1-16-4-8-20(9-5-16)29-13-12-22(25)23-19-6-10-21(11-7-19)30(26,27)24-14-17(2)28-18(3)15-24/h4-11,17-18H,12-15H2,1-3H3,(H,23,25)/t17-,18-/m0/s1. The summed E-state index contributed by atoms with van der Waals surface area (Å²) < 4.78 is 32.9. The van der Waals surface area contributed by atoms with Crippen LogP contribution in [0.25, 0.3) is 0 Å². The van der Waals surface area contributed by atoms with Crippen LogP contribution < -0.4 is 5.32 Å². The summed E-state index contributed by atoms with van der Waals surface area (Å²) in [6.45, 7) is 6.45. The van der Waals surface area contributed by atoms with E-state index in [0.29, 0.717) is 31.0 Å². The van der Waals surface area contributed by atoms with Crippen molar-refractivity contribution >= 4 is 33.4 Å². The van der Waals surface area contributed by atoms with Gasteiger partial charge in [0.15, 0.2) is 0 Å². The van der Waals surface area contributed by atoms with Gasteiger partial charge in [0.25, 0.3) is 0 Å². The van der Waals surface area contributed by atoms with Gasteiger partial charge in [-0.1, -0.05) is 17.7 Å². The van der Waals surface area contributed by atoms with Crippen LogP contribution in [0.3, 0.4) is 0 Å². The van der Waals surface area contributed by atoms with Gasteiger partial charge in [-0.05, 0) is 57.2 Å². The van der Waals surface area contributed by atoms with Crippen LogP contribution >= 0.6 is 11.8 Å². The number of anilines is 1. The van der Waals surface area contributed by atoms with E-state index in [1.807, 2.05) is 32.9 Å². The monoisotopic (exact) mass is 448 g/mol. The molecular weight excluding hydrogens is 420 g/mol. The summed E-state index contributed by atoms with van der Waals surface area (Å²) >= 11 is 1.63. The molecule has 1 heterocycles. The minimum atomic E-state index is -3.58. The van der Waals surface area contributed by atoms with Crippen molar-refractivity contribution in [2.45, 2.75) is 49.2 Å². The van der Waals surface area contributed by atoms with Crippen molar-refractivity contribution in [3.63, 3.8) is 0 Å². The first-order valence-electron chi connectivity index (χ1n) is 9.99. The molecule has 0 aromatic heterocycles. The Morgan fingerprint density at radius 2 is 1.67 bits per heavy atom. The first-order valence-corrected chi connectivity index (χ1v) is 12.4. The van der Waals surface area contributed by atoms with E-state index in [4.69, 9.17) is 4.74 Å². The van der Waals surface area contributed by atoms with Crippen LogP contribution in [0, 0.1) is 6.92 Å². The molecule has 0 spiro atoms. The Morgan fingerprint density at radius 1 is 1.07 bits per heavy atom. The van der Waals surface area contributed by atoms with Crippen molar-refractivity contribution in [1.29, 1.82) is 0 Å². The number of morpholine rings is 1. The molecule has 6 nitrogen and oxygen atoms in total. The van der Waals surface area contributed by atoms with Crippen molar-refractivity contribution in [3.8, 4) is 0 Å². The molecule has 0 unspecified atom stereocenters. The maximum Gasteiger partial charge on any atom is 0.243 e. The zero-order valence-electron chi connectivity index (χ0n) is 17.5. The number of nitrogens with zero attached hydrogens (tertiary/aromatic N) is 1. The highest BCUT2D eigenvalue weighted by molar-refractivity contribution is 7.99. The highest BCUT2D eigenvalue weighted by atomic mass is 32.2. The third-order valence-electron chi connectivity index (χ3n) is 4.78. The smallest absolute Gasteiger partial charge is 0.243 e. The van der Waals surface area contributed by atoms with Crippen LogP contribution in [-0.4, -0.2) is 49.7 Å². The Kier molecular flexibility index (Phi) is 7.57. The van der Waals surface area contributed by atoms with Gasteiger partial charge in [-0.15, -0.1) is 11.8 Å². The minimum Gasteiger partial charge on any atom is -0.373 e. The molecule has 1 saturated heterocycles. The molecule has 162 valence electrons. The highest BCUT2D eigenvalue weighted by Gasteiger charge is 2.32. The first kappa shape index (κ1) is 22.8. The Morgan fingerprint density at radius 3 is 2.27 bits per heavy atom. The lowest BCUT2D eigenvalue weighted by Gasteiger charge is -2.34. The number of sulfonamides is 1. The Bertz CT molecular complexity index is 950. The average Bonchev–Trinajstić information content (AvgIpc) is 2.69. The Hall–Kier alpha value is -1.87. The van der Waals surface area contributed by atoms with Gasteiger partial charge in [0.2, 0.25) is 15.9 Å². The summed E-state index contributed by atoms with van der Waals surface area (Å²) in [5.41, 5.74) is 1.79. The summed E-state index contributed by atoms with van der Waals surface area (Å²) in [4.78, 5) is 13.5. The topological polar surface area (TPSA) is 75.7 Å². The third kappa shape index (κ3) is 6.07. The Balaban J connectivity index is 1.53. The lowest BCUT2D eigenvalue weighted by atomic mass is 10.2. The number of aryl methyl sites for hydroxylation is 1. The predicted molar refractivity (Wildman–Crippen MR) is 120 cm³/mol. The van der Waals surface area contributed by atoms with Crippen molar-refractivity contribution in [1.82, 2.24) is 4.31 Å². The molecule has 0 aliphatic carbocycles. The number of hydrogen-bond acceptors (Lipinski definition) is 5. The van der Waals surface area contributed by atoms with E-state index in [2.05, 4.69) is 17.4 Å². The van der Waals surface area contributed by atoms with Gasteiger partial charge < -0.3 is 10.1 Å². The number of nitrogens with one attached hydrogen (secondary N) is 1. The quantitative estimate of drug-likeness (QED) is 0.650.